The minimum Gasteiger partial charge on any atom is -0.354 e. The molecule has 1 N–H and O–H groups in total. The summed E-state index contributed by atoms with van der Waals surface area (Å²) in [5.41, 5.74) is 2.07. The molecule has 0 unspecified atom stereocenters. The fraction of sp³-hybridized carbons (Fsp3) is 0.440. The summed E-state index contributed by atoms with van der Waals surface area (Å²) >= 11 is 6.19. The van der Waals surface area contributed by atoms with E-state index in [4.69, 9.17) is 11.6 Å². The van der Waals surface area contributed by atoms with Crippen LogP contribution in [0.25, 0.3) is 0 Å². The summed E-state index contributed by atoms with van der Waals surface area (Å²) in [7, 11) is -3.58. The van der Waals surface area contributed by atoms with Gasteiger partial charge in [0.2, 0.25) is 21.8 Å². The molecule has 1 atom stereocenters. The lowest BCUT2D eigenvalue weighted by Gasteiger charge is -2.29. The van der Waals surface area contributed by atoms with Gasteiger partial charge >= 0.3 is 0 Å². The number of sulfonamides is 1. The van der Waals surface area contributed by atoms with Crippen LogP contribution in [0.1, 0.15) is 44.2 Å². The van der Waals surface area contributed by atoms with Crippen molar-refractivity contribution in [3.8, 4) is 0 Å². The first-order chi connectivity index (χ1) is 16.1. The number of hydrogen-bond acceptors (Lipinski definition) is 4. The molecule has 0 fully saturated rings. The van der Waals surface area contributed by atoms with Gasteiger partial charge in [-0.15, -0.1) is 0 Å². The number of rotatable bonds is 12. The molecule has 0 saturated carbocycles. The minimum atomic E-state index is -3.58. The zero-order valence-electron chi connectivity index (χ0n) is 20.3. The Morgan fingerprint density at radius 3 is 2.38 bits per heavy atom. The maximum absolute atomic E-state index is 13.2. The van der Waals surface area contributed by atoms with Crippen LogP contribution in [0, 0.1) is 6.92 Å². The van der Waals surface area contributed by atoms with Gasteiger partial charge in [0.15, 0.2) is 0 Å². The van der Waals surface area contributed by atoms with Crippen molar-refractivity contribution >= 4 is 39.1 Å². The average molecular weight is 508 g/mol. The molecule has 2 aromatic rings. The highest BCUT2D eigenvalue weighted by Crippen LogP contribution is 2.28. The molecule has 0 aromatic heterocycles. The van der Waals surface area contributed by atoms with Crippen LogP contribution in [0.15, 0.2) is 48.5 Å². The highest BCUT2D eigenvalue weighted by Gasteiger charge is 2.26. The number of hydrogen-bond donors (Lipinski definition) is 1. The Kier molecular flexibility index (Phi) is 10.4. The summed E-state index contributed by atoms with van der Waals surface area (Å²) in [5.74, 6) is -0.419. The molecule has 0 saturated heterocycles. The molecule has 7 nitrogen and oxygen atoms in total. The number of benzene rings is 2. The van der Waals surface area contributed by atoms with Crippen molar-refractivity contribution in [2.45, 2.75) is 52.6 Å². The molecule has 9 heteroatoms. The molecule has 0 heterocycles. The smallest absolute Gasteiger partial charge is 0.242 e. The van der Waals surface area contributed by atoms with Crippen LogP contribution in [0.3, 0.4) is 0 Å². The van der Waals surface area contributed by atoms with E-state index in [9.17, 15) is 18.0 Å². The topological polar surface area (TPSA) is 86.8 Å². The highest BCUT2D eigenvalue weighted by molar-refractivity contribution is 7.92. The first kappa shape index (κ1) is 27.7. The van der Waals surface area contributed by atoms with Gasteiger partial charge in [-0.1, -0.05) is 54.9 Å². The molecule has 0 aliphatic carbocycles. The van der Waals surface area contributed by atoms with E-state index in [0.29, 0.717) is 35.8 Å². The Labute approximate surface area is 208 Å². The lowest BCUT2D eigenvalue weighted by molar-refractivity contribution is -0.140. The summed E-state index contributed by atoms with van der Waals surface area (Å²) in [5, 5.41) is 3.32. The standard InChI is InChI=1S/C25H34ClN3O4S/c1-5-16-27-25(31)20(3)28(18-21-11-7-6-8-12-21)24(30)15-10-17-29(34(4,32)33)23-14-9-13-22(26)19(23)2/h6-9,11-14,20H,5,10,15-18H2,1-4H3,(H,27,31)/t20-/m0/s1. The van der Waals surface area contributed by atoms with E-state index in [-0.39, 0.29) is 24.8 Å². The highest BCUT2D eigenvalue weighted by atomic mass is 35.5. The summed E-state index contributed by atoms with van der Waals surface area (Å²) in [6.07, 6.45) is 2.34. The Morgan fingerprint density at radius 1 is 1.09 bits per heavy atom. The van der Waals surface area contributed by atoms with Crippen LogP contribution in [0.5, 0.6) is 0 Å². The van der Waals surface area contributed by atoms with E-state index in [1.807, 2.05) is 37.3 Å². The van der Waals surface area contributed by atoms with Crippen LogP contribution in [-0.2, 0) is 26.2 Å². The molecule has 0 spiro atoms. The third-order valence-corrected chi connectivity index (χ3v) is 7.16. The average Bonchev–Trinajstić information content (AvgIpc) is 2.80. The van der Waals surface area contributed by atoms with Gasteiger partial charge in [-0.05, 0) is 49.9 Å². The van der Waals surface area contributed by atoms with E-state index in [2.05, 4.69) is 5.32 Å². The number of amides is 2. The van der Waals surface area contributed by atoms with Crippen LogP contribution in [0.4, 0.5) is 5.69 Å². The third-order valence-electron chi connectivity index (χ3n) is 5.57. The zero-order chi connectivity index (χ0) is 25.3. The van der Waals surface area contributed by atoms with Crippen molar-refractivity contribution in [3.05, 3.63) is 64.7 Å². The van der Waals surface area contributed by atoms with Gasteiger partial charge in [-0.25, -0.2) is 8.42 Å². The lowest BCUT2D eigenvalue weighted by Crippen LogP contribution is -2.47. The van der Waals surface area contributed by atoms with Gasteiger partial charge in [0.05, 0.1) is 11.9 Å². The predicted octanol–water partition coefficient (Wildman–Crippen LogP) is 4.14. The molecule has 2 aromatic carbocycles. The van der Waals surface area contributed by atoms with Gasteiger partial charge in [-0.2, -0.15) is 0 Å². The molecule has 186 valence electrons. The van der Waals surface area contributed by atoms with Crippen molar-refractivity contribution < 1.29 is 18.0 Å². The first-order valence-corrected chi connectivity index (χ1v) is 13.6. The number of nitrogens with zero attached hydrogens (tertiary/aromatic N) is 2. The zero-order valence-corrected chi connectivity index (χ0v) is 21.8. The predicted molar refractivity (Wildman–Crippen MR) is 137 cm³/mol. The molecule has 34 heavy (non-hydrogen) atoms. The normalized spacial score (nSPS) is 12.1. The van der Waals surface area contributed by atoms with Crippen molar-refractivity contribution in [2.24, 2.45) is 0 Å². The summed E-state index contributed by atoms with van der Waals surface area (Å²) in [6, 6.07) is 13.9. The minimum absolute atomic E-state index is 0.101. The second-order valence-electron chi connectivity index (χ2n) is 8.30. The Morgan fingerprint density at radius 2 is 1.76 bits per heavy atom. The van der Waals surface area contributed by atoms with E-state index in [1.54, 1.807) is 36.9 Å². The SMILES string of the molecule is CCCNC(=O)[C@H](C)N(Cc1ccccc1)C(=O)CCCN(c1cccc(Cl)c1C)S(C)(=O)=O. The van der Waals surface area contributed by atoms with Crippen molar-refractivity contribution in [1.82, 2.24) is 10.2 Å². The van der Waals surface area contributed by atoms with Gasteiger partial charge in [0, 0.05) is 31.1 Å². The second-order valence-corrected chi connectivity index (χ2v) is 10.6. The molecule has 0 aliphatic heterocycles. The summed E-state index contributed by atoms with van der Waals surface area (Å²) in [4.78, 5) is 27.4. The van der Waals surface area contributed by atoms with Crippen LogP contribution < -0.4 is 9.62 Å². The lowest BCUT2D eigenvalue weighted by atomic mass is 10.1. The molecule has 0 bridgehead atoms. The quantitative estimate of drug-likeness (QED) is 0.467. The van der Waals surface area contributed by atoms with Gasteiger partial charge < -0.3 is 10.2 Å². The van der Waals surface area contributed by atoms with Gasteiger partial charge in [0.25, 0.3) is 0 Å². The maximum atomic E-state index is 13.2. The van der Waals surface area contributed by atoms with Crippen molar-refractivity contribution in [2.75, 3.05) is 23.7 Å². The Balaban J connectivity index is 2.16. The van der Waals surface area contributed by atoms with Gasteiger partial charge in [0.1, 0.15) is 6.04 Å². The largest absolute Gasteiger partial charge is 0.354 e. The van der Waals surface area contributed by atoms with Crippen LogP contribution in [-0.4, -0.2) is 50.5 Å². The monoisotopic (exact) mass is 507 g/mol. The van der Waals surface area contributed by atoms with Crippen molar-refractivity contribution in [1.29, 1.82) is 0 Å². The molecule has 0 radical (unpaired) electrons. The first-order valence-electron chi connectivity index (χ1n) is 11.4. The maximum Gasteiger partial charge on any atom is 0.242 e. The molecular weight excluding hydrogens is 474 g/mol. The van der Waals surface area contributed by atoms with Crippen LogP contribution in [0.2, 0.25) is 5.02 Å². The van der Waals surface area contributed by atoms with E-state index in [0.717, 1.165) is 18.2 Å². The van der Waals surface area contributed by atoms with Crippen LogP contribution >= 0.6 is 11.6 Å². The second kappa shape index (κ2) is 12.8. The Hall–Kier alpha value is -2.58. The summed E-state index contributed by atoms with van der Waals surface area (Å²) < 4.78 is 26.2. The number of nitrogens with one attached hydrogen (secondary N) is 1. The fourth-order valence-corrected chi connectivity index (χ4v) is 4.79. The molecule has 2 amide bonds. The van der Waals surface area contributed by atoms with Crippen molar-refractivity contribution in [3.63, 3.8) is 0 Å². The number of anilines is 1. The number of carbonyl (C=O) groups is 2. The molecule has 2 rings (SSSR count). The fourth-order valence-electron chi connectivity index (χ4n) is 3.61. The van der Waals surface area contributed by atoms with E-state index >= 15 is 0 Å². The Bertz CT molecular complexity index is 1080. The number of carbonyl (C=O) groups excluding carboxylic acids is 2. The number of halogens is 1. The molecule has 0 aliphatic rings. The molecular formula is C25H34ClN3O4S. The third kappa shape index (κ3) is 7.74. The summed E-state index contributed by atoms with van der Waals surface area (Å²) in [6.45, 7) is 6.40. The van der Waals surface area contributed by atoms with Gasteiger partial charge in [-0.3, -0.25) is 13.9 Å². The van der Waals surface area contributed by atoms with E-state index in [1.165, 1.54) is 4.31 Å². The van der Waals surface area contributed by atoms with E-state index < -0.39 is 16.1 Å².